The summed E-state index contributed by atoms with van der Waals surface area (Å²) in [6.07, 6.45) is 3.88. The highest BCUT2D eigenvalue weighted by molar-refractivity contribution is 7.97. The highest BCUT2D eigenvalue weighted by Gasteiger charge is 1.97. The van der Waals surface area contributed by atoms with E-state index in [9.17, 15) is 0 Å². The van der Waals surface area contributed by atoms with Crippen molar-refractivity contribution in [3.8, 4) is 0 Å². The van der Waals surface area contributed by atoms with Gasteiger partial charge in [-0.15, -0.1) is 0 Å². The molecule has 0 saturated carbocycles. The van der Waals surface area contributed by atoms with Crippen molar-refractivity contribution in [1.82, 2.24) is 15.3 Å². The van der Waals surface area contributed by atoms with Crippen LogP contribution < -0.4 is 5.32 Å². The maximum atomic E-state index is 4.41. The summed E-state index contributed by atoms with van der Waals surface area (Å²) in [6.45, 7) is 3.90. The Bertz CT molecular complexity index is 252. The molecule has 0 saturated heterocycles. The number of aromatic nitrogens is 2. The predicted octanol–water partition coefficient (Wildman–Crippen LogP) is 1.45. The van der Waals surface area contributed by atoms with Crippen LogP contribution in [0.3, 0.4) is 0 Å². The Morgan fingerprint density at radius 3 is 3.08 bits per heavy atom. The molecule has 0 unspecified atom stereocenters. The van der Waals surface area contributed by atoms with Crippen LogP contribution in [0.2, 0.25) is 0 Å². The lowest BCUT2D eigenvalue weighted by Gasteiger charge is -2.02. The van der Waals surface area contributed by atoms with Crippen LogP contribution in [0.5, 0.6) is 0 Å². The highest BCUT2D eigenvalue weighted by Crippen LogP contribution is 2.03. The third kappa shape index (κ3) is 3.74. The first kappa shape index (κ1) is 10.5. The SMILES string of the molecule is CCNCc1ccnc(CSC)n1. The second-order valence-corrected chi connectivity index (χ2v) is 3.54. The molecule has 3 nitrogen and oxygen atoms in total. The topological polar surface area (TPSA) is 37.8 Å². The summed E-state index contributed by atoms with van der Waals surface area (Å²) >= 11 is 1.74. The van der Waals surface area contributed by atoms with Crippen LogP contribution >= 0.6 is 11.8 Å². The first-order valence-electron chi connectivity index (χ1n) is 4.37. The van der Waals surface area contributed by atoms with Crippen molar-refractivity contribution in [2.75, 3.05) is 12.8 Å². The zero-order valence-corrected chi connectivity index (χ0v) is 8.90. The molecule has 0 aromatic carbocycles. The fourth-order valence-electron chi connectivity index (χ4n) is 0.991. The maximum Gasteiger partial charge on any atom is 0.138 e. The van der Waals surface area contributed by atoms with E-state index in [1.54, 1.807) is 11.8 Å². The molecule has 0 aliphatic carbocycles. The van der Waals surface area contributed by atoms with Gasteiger partial charge < -0.3 is 5.32 Å². The number of thioether (sulfide) groups is 1. The first-order chi connectivity index (χ1) is 6.36. The van der Waals surface area contributed by atoms with Gasteiger partial charge in [-0.05, 0) is 18.9 Å². The summed E-state index contributed by atoms with van der Waals surface area (Å²) in [4.78, 5) is 8.58. The molecular formula is C9H15N3S. The van der Waals surface area contributed by atoms with E-state index < -0.39 is 0 Å². The molecule has 0 spiro atoms. The fourth-order valence-corrected chi connectivity index (χ4v) is 1.39. The molecule has 0 fully saturated rings. The molecule has 72 valence electrons. The minimum Gasteiger partial charge on any atom is -0.311 e. The third-order valence-corrected chi connectivity index (χ3v) is 2.14. The number of nitrogens with one attached hydrogen (secondary N) is 1. The van der Waals surface area contributed by atoms with Gasteiger partial charge in [0.2, 0.25) is 0 Å². The molecule has 13 heavy (non-hydrogen) atoms. The average Bonchev–Trinajstić information content (AvgIpc) is 2.16. The highest BCUT2D eigenvalue weighted by atomic mass is 32.2. The van der Waals surface area contributed by atoms with Crippen molar-refractivity contribution in [3.05, 3.63) is 23.8 Å². The maximum absolute atomic E-state index is 4.41. The lowest BCUT2D eigenvalue weighted by atomic mass is 10.4. The molecule has 1 N–H and O–H groups in total. The van der Waals surface area contributed by atoms with E-state index in [1.165, 1.54) is 0 Å². The van der Waals surface area contributed by atoms with Crippen LogP contribution in [0.15, 0.2) is 12.3 Å². The van der Waals surface area contributed by atoms with E-state index in [0.29, 0.717) is 0 Å². The average molecular weight is 197 g/mol. The van der Waals surface area contributed by atoms with Gasteiger partial charge in [-0.1, -0.05) is 6.92 Å². The van der Waals surface area contributed by atoms with E-state index in [2.05, 4.69) is 28.5 Å². The molecule has 0 radical (unpaired) electrons. The second kappa shape index (κ2) is 5.94. The van der Waals surface area contributed by atoms with Gasteiger partial charge in [-0.2, -0.15) is 11.8 Å². The van der Waals surface area contributed by atoms with Gasteiger partial charge >= 0.3 is 0 Å². The Morgan fingerprint density at radius 2 is 2.38 bits per heavy atom. The zero-order valence-electron chi connectivity index (χ0n) is 8.08. The quantitative estimate of drug-likeness (QED) is 0.775. The summed E-state index contributed by atoms with van der Waals surface area (Å²) in [5, 5.41) is 3.24. The van der Waals surface area contributed by atoms with Gasteiger partial charge in [0.1, 0.15) is 5.82 Å². The Labute approximate surface area is 83.4 Å². The smallest absolute Gasteiger partial charge is 0.138 e. The molecule has 0 atom stereocenters. The molecule has 0 amide bonds. The summed E-state index contributed by atoms with van der Waals surface area (Å²) in [6, 6.07) is 1.95. The molecule has 1 rings (SSSR count). The van der Waals surface area contributed by atoms with Gasteiger partial charge in [0.15, 0.2) is 0 Å². The van der Waals surface area contributed by atoms with E-state index in [-0.39, 0.29) is 0 Å². The van der Waals surface area contributed by atoms with Crippen molar-refractivity contribution >= 4 is 11.8 Å². The minimum atomic E-state index is 0.834. The lowest BCUT2D eigenvalue weighted by Crippen LogP contribution is -2.13. The summed E-state index contributed by atoms with van der Waals surface area (Å²) in [5.41, 5.74) is 1.07. The largest absolute Gasteiger partial charge is 0.311 e. The van der Waals surface area contributed by atoms with Gasteiger partial charge in [0.05, 0.1) is 11.4 Å². The van der Waals surface area contributed by atoms with Crippen LogP contribution in [0.25, 0.3) is 0 Å². The summed E-state index contributed by atoms with van der Waals surface area (Å²) in [7, 11) is 0. The zero-order chi connectivity index (χ0) is 9.52. The third-order valence-electron chi connectivity index (χ3n) is 1.59. The number of hydrogen-bond acceptors (Lipinski definition) is 4. The van der Waals surface area contributed by atoms with Crippen LogP contribution in [0, 0.1) is 0 Å². The van der Waals surface area contributed by atoms with Gasteiger partial charge in [-0.3, -0.25) is 0 Å². The molecule has 1 aromatic heterocycles. The fraction of sp³-hybridized carbons (Fsp3) is 0.556. The predicted molar refractivity (Wildman–Crippen MR) is 56.6 cm³/mol. The monoisotopic (exact) mass is 197 g/mol. The van der Waals surface area contributed by atoms with Crippen molar-refractivity contribution in [1.29, 1.82) is 0 Å². The Hall–Kier alpha value is -0.610. The first-order valence-corrected chi connectivity index (χ1v) is 5.76. The van der Waals surface area contributed by atoms with Crippen LogP contribution in [0.1, 0.15) is 18.4 Å². The lowest BCUT2D eigenvalue weighted by molar-refractivity contribution is 0.704. The van der Waals surface area contributed by atoms with E-state index in [1.807, 2.05) is 12.3 Å². The van der Waals surface area contributed by atoms with Gasteiger partial charge in [0.25, 0.3) is 0 Å². The van der Waals surface area contributed by atoms with Gasteiger partial charge in [-0.25, -0.2) is 9.97 Å². The van der Waals surface area contributed by atoms with Crippen molar-refractivity contribution in [3.63, 3.8) is 0 Å². The number of rotatable bonds is 5. The Balaban J connectivity index is 2.56. The number of hydrogen-bond donors (Lipinski definition) is 1. The van der Waals surface area contributed by atoms with E-state index >= 15 is 0 Å². The second-order valence-electron chi connectivity index (χ2n) is 2.68. The standard InChI is InChI=1S/C9H15N3S/c1-3-10-6-8-4-5-11-9(12-8)7-13-2/h4-5,10H,3,6-7H2,1-2H3. The van der Waals surface area contributed by atoms with Crippen LogP contribution in [-0.4, -0.2) is 22.8 Å². The van der Waals surface area contributed by atoms with E-state index in [4.69, 9.17) is 0 Å². The van der Waals surface area contributed by atoms with Crippen molar-refractivity contribution in [2.24, 2.45) is 0 Å². The summed E-state index contributed by atoms with van der Waals surface area (Å²) < 4.78 is 0. The molecular weight excluding hydrogens is 182 g/mol. The molecule has 1 aromatic rings. The minimum absolute atomic E-state index is 0.834. The molecule has 0 aliphatic heterocycles. The molecule has 1 heterocycles. The van der Waals surface area contributed by atoms with Crippen LogP contribution in [0.4, 0.5) is 0 Å². The van der Waals surface area contributed by atoms with E-state index in [0.717, 1.165) is 30.4 Å². The molecule has 0 bridgehead atoms. The number of nitrogens with zero attached hydrogens (tertiary/aromatic N) is 2. The Morgan fingerprint density at radius 1 is 1.54 bits per heavy atom. The summed E-state index contributed by atoms with van der Waals surface area (Å²) in [5.74, 6) is 1.81. The molecule has 4 heteroatoms. The molecule has 0 aliphatic rings. The normalized spacial score (nSPS) is 10.3. The Kier molecular flexibility index (Phi) is 4.78. The van der Waals surface area contributed by atoms with Crippen molar-refractivity contribution in [2.45, 2.75) is 19.2 Å². The van der Waals surface area contributed by atoms with Gasteiger partial charge in [0, 0.05) is 12.7 Å². The van der Waals surface area contributed by atoms with Crippen LogP contribution in [-0.2, 0) is 12.3 Å². The van der Waals surface area contributed by atoms with Crippen molar-refractivity contribution < 1.29 is 0 Å².